The second-order valence-corrected chi connectivity index (χ2v) is 4.62. The van der Waals surface area contributed by atoms with Crippen LogP contribution in [0.3, 0.4) is 0 Å². The number of rotatable bonds is 10. The van der Waals surface area contributed by atoms with Gasteiger partial charge in [-0.2, -0.15) is 0 Å². The molecular formula is C13H29NO2. The molecule has 3 nitrogen and oxygen atoms in total. The predicted octanol–water partition coefficient (Wildman–Crippen LogP) is 2.45. The van der Waals surface area contributed by atoms with E-state index in [-0.39, 0.29) is 6.10 Å². The second-order valence-electron chi connectivity index (χ2n) is 4.62. The quantitative estimate of drug-likeness (QED) is 0.586. The summed E-state index contributed by atoms with van der Waals surface area (Å²) in [5, 5.41) is 3.43. The Morgan fingerprint density at radius 3 is 2.25 bits per heavy atom. The molecule has 0 amide bonds. The van der Waals surface area contributed by atoms with Gasteiger partial charge in [-0.1, -0.05) is 27.7 Å². The molecule has 2 unspecified atom stereocenters. The summed E-state index contributed by atoms with van der Waals surface area (Å²) >= 11 is 0. The van der Waals surface area contributed by atoms with Gasteiger partial charge in [0.1, 0.15) is 0 Å². The zero-order chi connectivity index (χ0) is 12.4. The third-order valence-electron chi connectivity index (χ3n) is 2.53. The molecule has 0 saturated heterocycles. The van der Waals surface area contributed by atoms with Crippen molar-refractivity contribution in [2.24, 2.45) is 5.92 Å². The Hall–Kier alpha value is -0.120. The molecule has 98 valence electrons. The normalized spacial score (nSPS) is 15.4. The molecule has 0 fully saturated rings. The van der Waals surface area contributed by atoms with Gasteiger partial charge in [-0.15, -0.1) is 0 Å². The molecular weight excluding hydrogens is 202 g/mol. The van der Waals surface area contributed by atoms with E-state index < -0.39 is 0 Å². The van der Waals surface area contributed by atoms with Crippen molar-refractivity contribution in [2.45, 2.75) is 53.2 Å². The standard InChI is InChI=1S/C13H29NO2/c1-6-13(14-7-2)12(5)16-9-8-15-10-11(3)4/h11-14H,6-10H2,1-5H3. The minimum absolute atomic E-state index is 0.257. The minimum atomic E-state index is 0.257. The molecule has 0 aromatic heterocycles. The number of ether oxygens (including phenoxy) is 2. The first kappa shape index (κ1) is 15.9. The van der Waals surface area contributed by atoms with E-state index in [0.717, 1.165) is 19.6 Å². The monoisotopic (exact) mass is 231 g/mol. The fraction of sp³-hybridized carbons (Fsp3) is 1.00. The van der Waals surface area contributed by atoms with Crippen LogP contribution >= 0.6 is 0 Å². The lowest BCUT2D eigenvalue weighted by molar-refractivity contribution is -0.00811. The molecule has 0 radical (unpaired) electrons. The summed E-state index contributed by atoms with van der Waals surface area (Å²) in [6.07, 6.45) is 1.36. The zero-order valence-electron chi connectivity index (χ0n) is 11.6. The molecule has 0 spiro atoms. The topological polar surface area (TPSA) is 30.5 Å². The molecule has 0 aromatic rings. The maximum Gasteiger partial charge on any atom is 0.0704 e. The number of likely N-dealkylation sites (N-methyl/N-ethyl adjacent to an activating group) is 1. The molecule has 0 bridgehead atoms. The van der Waals surface area contributed by atoms with E-state index in [1.54, 1.807) is 0 Å². The molecule has 0 aromatic carbocycles. The Morgan fingerprint density at radius 1 is 1.06 bits per heavy atom. The summed E-state index contributed by atoms with van der Waals surface area (Å²) in [5.41, 5.74) is 0. The van der Waals surface area contributed by atoms with E-state index in [2.05, 4.69) is 39.9 Å². The third kappa shape index (κ3) is 8.08. The van der Waals surface area contributed by atoms with Gasteiger partial charge in [0, 0.05) is 12.6 Å². The molecule has 0 heterocycles. The van der Waals surface area contributed by atoms with Crippen molar-refractivity contribution in [3.05, 3.63) is 0 Å². The Balaban J connectivity index is 3.51. The lowest BCUT2D eigenvalue weighted by Crippen LogP contribution is -2.39. The van der Waals surface area contributed by atoms with Crippen LogP contribution in [0.2, 0.25) is 0 Å². The van der Waals surface area contributed by atoms with Crippen LogP contribution in [0.15, 0.2) is 0 Å². The van der Waals surface area contributed by atoms with Gasteiger partial charge in [-0.3, -0.25) is 0 Å². The Bertz CT molecular complexity index is 151. The lowest BCUT2D eigenvalue weighted by atomic mass is 10.1. The van der Waals surface area contributed by atoms with Gasteiger partial charge in [0.15, 0.2) is 0 Å². The Morgan fingerprint density at radius 2 is 1.75 bits per heavy atom. The van der Waals surface area contributed by atoms with Gasteiger partial charge in [0.25, 0.3) is 0 Å². The summed E-state index contributed by atoms with van der Waals surface area (Å²) in [7, 11) is 0. The first-order chi connectivity index (χ1) is 7.61. The van der Waals surface area contributed by atoms with Crippen molar-refractivity contribution in [1.29, 1.82) is 0 Å². The SMILES string of the molecule is CCNC(CC)C(C)OCCOCC(C)C. The van der Waals surface area contributed by atoms with Gasteiger partial charge < -0.3 is 14.8 Å². The summed E-state index contributed by atoms with van der Waals surface area (Å²) in [6.45, 7) is 13.9. The molecule has 0 rings (SSSR count). The number of hydrogen-bond acceptors (Lipinski definition) is 3. The van der Waals surface area contributed by atoms with Crippen LogP contribution in [0.4, 0.5) is 0 Å². The van der Waals surface area contributed by atoms with Crippen LogP contribution in [0.1, 0.15) is 41.0 Å². The van der Waals surface area contributed by atoms with Gasteiger partial charge in [0.05, 0.1) is 19.3 Å². The van der Waals surface area contributed by atoms with Crippen LogP contribution in [0.25, 0.3) is 0 Å². The highest BCUT2D eigenvalue weighted by Gasteiger charge is 2.13. The minimum Gasteiger partial charge on any atom is -0.379 e. The number of nitrogens with one attached hydrogen (secondary N) is 1. The largest absolute Gasteiger partial charge is 0.379 e. The third-order valence-corrected chi connectivity index (χ3v) is 2.53. The number of hydrogen-bond donors (Lipinski definition) is 1. The highest BCUT2D eigenvalue weighted by atomic mass is 16.5. The van der Waals surface area contributed by atoms with Crippen molar-refractivity contribution >= 4 is 0 Å². The van der Waals surface area contributed by atoms with E-state index in [1.165, 1.54) is 0 Å². The summed E-state index contributed by atoms with van der Waals surface area (Å²) in [6, 6.07) is 0.454. The van der Waals surface area contributed by atoms with Crippen LogP contribution < -0.4 is 5.32 Å². The van der Waals surface area contributed by atoms with E-state index in [1.807, 2.05) is 0 Å². The highest BCUT2D eigenvalue weighted by molar-refractivity contribution is 4.71. The van der Waals surface area contributed by atoms with E-state index in [0.29, 0.717) is 25.2 Å². The van der Waals surface area contributed by atoms with Crippen molar-refractivity contribution in [3.8, 4) is 0 Å². The first-order valence-electron chi connectivity index (χ1n) is 6.54. The Labute approximate surface area is 101 Å². The lowest BCUT2D eigenvalue weighted by Gasteiger charge is -2.23. The summed E-state index contributed by atoms with van der Waals surface area (Å²) in [4.78, 5) is 0. The fourth-order valence-electron chi connectivity index (χ4n) is 1.63. The molecule has 1 N–H and O–H groups in total. The van der Waals surface area contributed by atoms with Crippen LogP contribution in [-0.2, 0) is 9.47 Å². The van der Waals surface area contributed by atoms with Gasteiger partial charge in [0.2, 0.25) is 0 Å². The molecule has 0 aliphatic rings. The highest BCUT2D eigenvalue weighted by Crippen LogP contribution is 2.03. The Kier molecular flexibility index (Phi) is 9.99. The maximum absolute atomic E-state index is 5.74. The average molecular weight is 231 g/mol. The van der Waals surface area contributed by atoms with Crippen LogP contribution in [0.5, 0.6) is 0 Å². The van der Waals surface area contributed by atoms with Crippen molar-refractivity contribution < 1.29 is 9.47 Å². The molecule has 0 aliphatic heterocycles. The average Bonchev–Trinajstić information content (AvgIpc) is 2.24. The maximum atomic E-state index is 5.74. The van der Waals surface area contributed by atoms with Gasteiger partial charge >= 0.3 is 0 Å². The molecule has 2 atom stereocenters. The summed E-state index contributed by atoms with van der Waals surface area (Å²) in [5.74, 6) is 0.600. The first-order valence-corrected chi connectivity index (χ1v) is 6.54. The van der Waals surface area contributed by atoms with Crippen molar-refractivity contribution in [1.82, 2.24) is 5.32 Å². The van der Waals surface area contributed by atoms with Crippen LogP contribution in [0, 0.1) is 5.92 Å². The van der Waals surface area contributed by atoms with E-state index in [4.69, 9.17) is 9.47 Å². The fourth-order valence-corrected chi connectivity index (χ4v) is 1.63. The van der Waals surface area contributed by atoms with Gasteiger partial charge in [-0.05, 0) is 25.8 Å². The zero-order valence-corrected chi connectivity index (χ0v) is 11.6. The van der Waals surface area contributed by atoms with Crippen molar-refractivity contribution in [3.63, 3.8) is 0 Å². The smallest absolute Gasteiger partial charge is 0.0704 e. The molecule has 16 heavy (non-hydrogen) atoms. The molecule has 0 aliphatic carbocycles. The second kappa shape index (κ2) is 10.1. The predicted molar refractivity (Wildman–Crippen MR) is 68.8 cm³/mol. The molecule has 3 heteroatoms. The van der Waals surface area contributed by atoms with Gasteiger partial charge in [-0.25, -0.2) is 0 Å². The van der Waals surface area contributed by atoms with E-state index in [9.17, 15) is 0 Å². The van der Waals surface area contributed by atoms with E-state index >= 15 is 0 Å². The molecule has 0 saturated carbocycles. The summed E-state index contributed by atoms with van der Waals surface area (Å²) < 4.78 is 11.2. The van der Waals surface area contributed by atoms with Crippen LogP contribution in [-0.4, -0.2) is 38.5 Å². The van der Waals surface area contributed by atoms with Crippen molar-refractivity contribution in [2.75, 3.05) is 26.4 Å².